The number of nitrogens with zero attached hydrogens (tertiary/aromatic N) is 2. The van der Waals surface area contributed by atoms with E-state index in [-0.39, 0.29) is 5.75 Å². The summed E-state index contributed by atoms with van der Waals surface area (Å²) in [5.41, 5.74) is 0.336. The smallest absolute Gasteiger partial charge is 0.213 e. The third kappa shape index (κ3) is 6.57. The van der Waals surface area contributed by atoms with Gasteiger partial charge in [-0.25, -0.2) is 12.7 Å². The summed E-state index contributed by atoms with van der Waals surface area (Å²) in [4.78, 5) is 4.24. The number of sulfonamides is 1. The molecule has 24 heavy (non-hydrogen) atoms. The first-order valence-electron chi connectivity index (χ1n) is 8.76. The van der Waals surface area contributed by atoms with Gasteiger partial charge in [0.25, 0.3) is 0 Å². The number of methoxy groups -OCH3 is 1. The molecule has 0 aromatic heterocycles. The van der Waals surface area contributed by atoms with Crippen LogP contribution in [0.5, 0.6) is 0 Å². The van der Waals surface area contributed by atoms with Gasteiger partial charge in [0.2, 0.25) is 10.0 Å². The molecule has 142 valence electrons. The van der Waals surface area contributed by atoms with Crippen LogP contribution in [0, 0.1) is 5.41 Å². The molecule has 0 amide bonds. The molecule has 1 rings (SSSR count). The number of aliphatic imine (C=N–C) groups is 1. The van der Waals surface area contributed by atoms with E-state index in [0.29, 0.717) is 18.5 Å². The Balaban J connectivity index is 2.28. The third-order valence-corrected chi connectivity index (χ3v) is 6.75. The summed E-state index contributed by atoms with van der Waals surface area (Å²) in [5, 5.41) is 6.66. The molecule has 1 saturated carbocycles. The van der Waals surface area contributed by atoms with E-state index in [0.717, 1.165) is 32.0 Å². The van der Waals surface area contributed by atoms with Crippen LogP contribution in [0.25, 0.3) is 0 Å². The SMILES string of the molecule is CCS(=O)(=O)N(C)CCCNC(=NC)NCC1(CCOC)CCC1. The van der Waals surface area contributed by atoms with Crippen LogP contribution in [-0.4, -0.2) is 71.9 Å². The fourth-order valence-electron chi connectivity index (χ4n) is 2.87. The largest absolute Gasteiger partial charge is 0.385 e. The number of guanidine groups is 1. The lowest BCUT2D eigenvalue weighted by molar-refractivity contribution is 0.0732. The van der Waals surface area contributed by atoms with E-state index in [2.05, 4.69) is 15.6 Å². The van der Waals surface area contributed by atoms with Gasteiger partial charge in [-0.1, -0.05) is 6.42 Å². The standard InChI is InChI=1S/C16H34N4O3S/c1-5-24(21,22)20(3)12-7-11-18-15(17-2)19-14-16(8-6-9-16)10-13-23-4/h5-14H2,1-4H3,(H2,17,18,19). The summed E-state index contributed by atoms with van der Waals surface area (Å²) in [6.07, 6.45) is 5.58. The van der Waals surface area contributed by atoms with Gasteiger partial charge in [-0.05, 0) is 38.0 Å². The van der Waals surface area contributed by atoms with Gasteiger partial charge in [-0.2, -0.15) is 0 Å². The number of ether oxygens (including phenoxy) is 1. The van der Waals surface area contributed by atoms with Gasteiger partial charge in [0, 0.05) is 47.4 Å². The Bertz CT molecular complexity index is 490. The molecule has 7 nitrogen and oxygen atoms in total. The van der Waals surface area contributed by atoms with Crippen LogP contribution >= 0.6 is 0 Å². The van der Waals surface area contributed by atoms with Crippen molar-refractivity contribution in [1.82, 2.24) is 14.9 Å². The predicted molar refractivity (Wildman–Crippen MR) is 98.8 cm³/mol. The topological polar surface area (TPSA) is 83.0 Å². The molecule has 8 heteroatoms. The fourth-order valence-corrected chi connectivity index (χ4v) is 3.72. The van der Waals surface area contributed by atoms with E-state index < -0.39 is 10.0 Å². The molecule has 0 heterocycles. The lowest BCUT2D eigenvalue weighted by atomic mass is 9.67. The zero-order chi connectivity index (χ0) is 18.1. The van der Waals surface area contributed by atoms with Crippen molar-refractivity contribution in [3.05, 3.63) is 0 Å². The number of hydrogen-bond donors (Lipinski definition) is 2. The fraction of sp³-hybridized carbons (Fsp3) is 0.938. The number of nitrogens with one attached hydrogen (secondary N) is 2. The third-order valence-electron chi connectivity index (χ3n) is 4.89. The Hall–Kier alpha value is -0.860. The quantitative estimate of drug-likeness (QED) is 0.326. The van der Waals surface area contributed by atoms with Crippen LogP contribution in [0.15, 0.2) is 4.99 Å². The maximum Gasteiger partial charge on any atom is 0.213 e. The first-order valence-corrected chi connectivity index (χ1v) is 10.4. The first-order chi connectivity index (χ1) is 11.4. The minimum atomic E-state index is -3.09. The Kier molecular flexibility index (Phi) is 9.01. The monoisotopic (exact) mass is 362 g/mol. The van der Waals surface area contributed by atoms with E-state index in [1.807, 2.05) is 0 Å². The summed E-state index contributed by atoms with van der Waals surface area (Å²) in [6, 6.07) is 0. The zero-order valence-corrected chi connectivity index (χ0v) is 16.4. The van der Waals surface area contributed by atoms with Gasteiger partial charge in [-0.3, -0.25) is 4.99 Å². The second kappa shape index (κ2) is 10.2. The molecule has 1 aliphatic carbocycles. The van der Waals surface area contributed by atoms with Crippen molar-refractivity contribution < 1.29 is 13.2 Å². The first kappa shape index (κ1) is 21.2. The van der Waals surface area contributed by atoms with Crippen molar-refractivity contribution in [1.29, 1.82) is 0 Å². The van der Waals surface area contributed by atoms with Gasteiger partial charge in [0.15, 0.2) is 5.96 Å². The average molecular weight is 363 g/mol. The predicted octanol–water partition coefficient (Wildman–Crippen LogP) is 1.03. The van der Waals surface area contributed by atoms with Crippen molar-refractivity contribution in [3.63, 3.8) is 0 Å². The number of hydrogen-bond acceptors (Lipinski definition) is 4. The van der Waals surface area contributed by atoms with E-state index in [1.54, 1.807) is 28.1 Å². The minimum Gasteiger partial charge on any atom is -0.385 e. The summed E-state index contributed by atoms with van der Waals surface area (Å²) >= 11 is 0. The molecule has 0 radical (unpaired) electrons. The van der Waals surface area contributed by atoms with Crippen molar-refractivity contribution >= 4 is 16.0 Å². The average Bonchev–Trinajstić information content (AvgIpc) is 2.54. The molecule has 0 aromatic rings. The van der Waals surface area contributed by atoms with Gasteiger partial charge in [0.1, 0.15) is 0 Å². The molecule has 0 aromatic carbocycles. The molecule has 0 unspecified atom stereocenters. The maximum absolute atomic E-state index is 11.7. The van der Waals surface area contributed by atoms with E-state index in [1.165, 1.54) is 23.6 Å². The number of rotatable bonds is 11. The highest BCUT2D eigenvalue weighted by atomic mass is 32.2. The second-order valence-electron chi connectivity index (χ2n) is 6.52. The summed E-state index contributed by atoms with van der Waals surface area (Å²) < 4.78 is 30.0. The highest BCUT2D eigenvalue weighted by Gasteiger charge is 2.36. The molecule has 0 spiro atoms. The highest BCUT2D eigenvalue weighted by Crippen LogP contribution is 2.43. The van der Waals surface area contributed by atoms with E-state index in [9.17, 15) is 8.42 Å². The summed E-state index contributed by atoms with van der Waals surface area (Å²) in [7, 11) is 2.04. The van der Waals surface area contributed by atoms with Crippen LogP contribution in [0.4, 0.5) is 0 Å². The highest BCUT2D eigenvalue weighted by molar-refractivity contribution is 7.89. The zero-order valence-electron chi connectivity index (χ0n) is 15.6. The van der Waals surface area contributed by atoms with Crippen LogP contribution in [-0.2, 0) is 14.8 Å². The molecule has 1 fully saturated rings. The van der Waals surface area contributed by atoms with Crippen LogP contribution in [0.3, 0.4) is 0 Å². The Labute approximate surface area is 147 Å². The van der Waals surface area contributed by atoms with Crippen LogP contribution in [0.1, 0.15) is 39.0 Å². The second-order valence-corrected chi connectivity index (χ2v) is 8.89. The molecule has 0 atom stereocenters. The molecule has 0 bridgehead atoms. The summed E-state index contributed by atoms with van der Waals surface area (Å²) in [5.74, 6) is 0.920. The Morgan fingerprint density at radius 1 is 1.33 bits per heavy atom. The molecule has 0 aliphatic heterocycles. The van der Waals surface area contributed by atoms with E-state index in [4.69, 9.17) is 4.74 Å². The Morgan fingerprint density at radius 3 is 2.54 bits per heavy atom. The molecular weight excluding hydrogens is 328 g/mol. The van der Waals surface area contributed by atoms with Gasteiger partial charge < -0.3 is 15.4 Å². The van der Waals surface area contributed by atoms with Crippen molar-refractivity contribution in [3.8, 4) is 0 Å². The van der Waals surface area contributed by atoms with Crippen molar-refractivity contribution in [2.24, 2.45) is 10.4 Å². The van der Waals surface area contributed by atoms with Crippen LogP contribution in [0.2, 0.25) is 0 Å². The maximum atomic E-state index is 11.7. The lowest BCUT2D eigenvalue weighted by Crippen LogP contribution is -2.47. The van der Waals surface area contributed by atoms with Gasteiger partial charge in [0.05, 0.1) is 5.75 Å². The van der Waals surface area contributed by atoms with Crippen molar-refractivity contribution in [2.75, 3.05) is 53.2 Å². The normalized spacial score (nSPS) is 17.6. The molecule has 2 N–H and O–H groups in total. The molecule has 1 aliphatic rings. The van der Waals surface area contributed by atoms with E-state index >= 15 is 0 Å². The molecule has 0 saturated heterocycles. The van der Waals surface area contributed by atoms with Crippen LogP contribution < -0.4 is 10.6 Å². The Morgan fingerprint density at radius 2 is 2.04 bits per heavy atom. The lowest BCUT2D eigenvalue weighted by Gasteiger charge is -2.42. The van der Waals surface area contributed by atoms with Crippen molar-refractivity contribution in [2.45, 2.75) is 39.0 Å². The van der Waals surface area contributed by atoms with Gasteiger partial charge in [-0.15, -0.1) is 0 Å². The minimum absolute atomic E-state index is 0.143. The van der Waals surface area contributed by atoms with Gasteiger partial charge >= 0.3 is 0 Å². The summed E-state index contributed by atoms with van der Waals surface area (Å²) in [6.45, 7) is 4.56. The molecular formula is C16H34N4O3S.